The first-order chi connectivity index (χ1) is 16.8. The van der Waals surface area contributed by atoms with Crippen molar-refractivity contribution < 1.29 is 19.4 Å². The summed E-state index contributed by atoms with van der Waals surface area (Å²) in [6.45, 7) is 6.61. The molecule has 2 amide bonds. The molecule has 8 nitrogen and oxygen atoms in total. The van der Waals surface area contributed by atoms with Crippen LogP contribution in [0.2, 0.25) is 10.0 Å². The maximum Gasteiger partial charge on any atom is 0.263 e. The van der Waals surface area contributed by atoms with E-state index >= 15 is 0 Å². The quantitative estimate of drug-likeness (QED) is 0.490. The van der Waals surface area contributed by atoms with Crippen molar-refractivity contribution >= 4 is 40.8 Å². The number of hydrogen-bond donors (Lipinski definition) is 3. The Morgan fingerprint density at radius 2 is 1.75 bits per heavy atom. The van der Waals surface area contributed by atoms with Crippen LogP contribution in [0.5, 0.6) is 5.75 Å². The van der Waals surface area contributed by atoms with Gasteiger partial charge < -0.3 is 25.8 Å². The molecule has 2 aliphatic rings. The van der Waals surface area contributed by atoms with Crippen molar-refractivity contribution in [1.82, 2.24) is 10.3 Å². The Balaban J connectivity index is 1.43. The number of aliphatic hydroxyl groups is 1. The standard InChI is InChI=1S/C26H32Cl2N4O4/c1-25(2,35)18-11-21(20(28)12-19(18)27)36-26(3,4)24(34)31-15-9-16-6-7-17(10-15)32(16)22-8-5-14(13-30-22)23(29)33/h5,8,11-13,15-17,35H,6-7,9-10H2,1-4H3,(H2,29,33)(H,31,34)/t15-,16+,17-. The average Bonchev–Trinajstić information content (AvgIpc) is 3.05. The number of anilines is 1. The Labute approximate surface area is 221 Å². The molecule has 2 aliphatic heterocycles. The second-order valence-electron chi connectivity index (χ2n) is 10.6. The summed E-state index contributed by atoms with van der Waals surface area (Å²) in [5, 5.41) is 14.2. The number of carbonyl (C=O) groups is 2. The van der Waals surface area contributed by atoms with Crippen LogP contribution in [0, 0.1) is 0 Å². The largest absolute Gasteiger partial charge is 0.476 e. The first-order valence-electron chi connectivity index (χ1n) is 12.0. The predicted octanol–water partition coefficient (Wildman–Crippen LogP) is 4.19. The summed E-state index contributed by atoms with van der Waals surface area (Å²) in [7, 11) is 0. The third kappa shape index (κ3) is 5.41. The zero-order chi connectivity index (χ0) is 26.4. The zero-order valence-corrected chi connectivity index (χ0v) is 22.4. The van der Waals surface area contributed by atoms with Crippen molar-refractivity contribution in [3.8, 4) is 5.75 Å². The molecule has 4 rings (SSSR count). The minimum absolute atomic E-state index is 0.00774. The fourth-order valence-electron chi connectivity index (χ4n) is 5.11. The highest BCUT2D eigenvalue weighted by molar-refractivity contribution is 6.36. The number of rotatable bonds is 7. The van der Waals surface area contributed by atoms with Gasteiger partial charge in [0.2, 0.25) is 5.91 Å². The number of pyridine rings is 1. The maximum atomic E-state index is 13.3. The Bertz CT molecular complexity index is 1150. The van der Waals surface area contributed by atoms with Gasteiger partial charge in [-0.05, 0) is 77.6 Å². The van der Waals surface area contributed by atoms with Crippen LogP contribution < -0.4 is 20.7 Å². The Hall–Kier alpha value is -2.55. The smallest absolute Gasteiger partial charge is 0.263 e. The highest BCUT2D eigenvalue weighted by atomic mass is 35.5. The van der Waals surface area contributed by atoms with Crippen molar-refractivity contribution in [1.29, 1.82) is 0 Å². The highest BCUT2D eigenvalue weighted by Gasteiger charge is 2.43. The molecule has 0 spiro atoms. The zero-order valence-electron chi connectivity index (χ0n) is 20.8. The molecule has 10 heteroatoms. The third-order valence-corrected chi connectivity index (χ3v) is 7.57. The third-order valence-electron chi connectivity index (χ3n) is 6.96. The molecule has 36 heavy (non-hydrogen) atoms. The molecule has 3 heterocycles. The molecule has 2 saturated heterocycles. The van der Waals surface area contributed by atoms with Crippen LogP contribution in [0.25, 0.3) is 0 Å². The summed E-state index contributed by atoms with van der Waals surface area (Å²) < 4.78 is 6.05. The maximum absolute atomic E-state index is 13.3. The SMILES string of the molecule is CC(C)(Oc1cc(C(C)(C)O)c(Cl)cc1Cl)C(=O)N[C@H]1C[C@H]2CC[C@@H](C1)N2c1ccc(C(N)=O)cn1. The number of nitrogens with one attached hydrogen (secondary N) is 1. The van der Waals surface area contributed by atoms with Crippen LogP contribution in [-0.2, 0) is 10.4 Å². The van der Waals surface area contributed by atoms with Gasteiger partial charge >= 0.3 is 0 Å². The van der Waals surface area contributed by atoms with Gasteiger partial charge in [0, 0.05) is 34.9 Å². The van der Waals surface area contributed by atoms with Gasteiger partial charge in [-0.3, -0.25) is 9.59 Å². The molecule has 4 N–H and O–H groups in total. The number of aromatic nitrogens is 1. The van der Waals surface area contributed by atoms with Crippen molar-refractivity contribution in [2.24, 2.45) is 5.73 Å². The van der Waals surface area contributed by atoms with Gasteiger partial charge in [-0.25, -0.2) is 4.98 Å². The number of nitrogens with two attached hydrogens (primary N) is 1. The lowest BCUT2D eigenvalue weighted by Crippen LogP contribution is -2.55. The number of hydrogen-bond acceptors (Lipinski definition) is 6. The lowest BCUT2D eigenvalue weighted by atomic mass is 9.96. The number of carbonyl (C=O) groups excluding carboxylic acids is 2. The topological polar surface area (TPSA) is 118 Å². The second-order valence-corrected chi connectivity index (χ2v) is 11.5. The van der Waals surface area contributed by atoms with Gasteiger partial charge in [-0.1, -0.05) is 23.2 Å². The molecular formula is C26H32Cl2N4O4. The first kappa shape index (κ1) is 26.5. The minimum Gasteiger partial charge on any atom is -0.476 e. The molecule has 0 saturated carbocycles. The van der Waals surface area contributed by atoms with Crippen molar-refractivity contribution in [2.45, 2.75) is 82.7 Å². The molecule has 1 aromatic carbocycles. The van der Waals surface area contributed by atoms with Gasteiger partial charge in [0.1, 0.15) is 11.6 Å². The van der Waals surface area contributed by atoms with Gasteiger partial charge in [0.25, 0.3) is 5.91 Å². The molecule has 0 unspecified atom stereocenters. The van der Waals surface area contributed by atoms with E-state index in [9.17, 15) is 14.7 Å². The number of ether oxygens (including phenoxy) is 1. The van der Waals surface area contributed by atoms with E-state index in [2.05, 4.69) is 15.2 Å². The van der Waals surface area contributed by atoms with E-state index in [0.717, 1.165) is 31.5 Å². The number of halogens is 2. The molecule has 3 atom stereocenters. The lowest BCUT2D eigenvalue weighted by molar-refractivity contribution is -0.135. The summed E-state index contributed by atoms with van der Waals surface area (Å²) in [6, 6.07) is 7.09. The Kier molecular flexibility index (Phi) is 7.16. The summed E-state index contributed by atoms with van der Waals surface area (Å²) in [6.07, 6.45) is 5.09. The van der Waals surface area contributed by atoms with E-state index in [1.807, 2.05) is 6.07 Å². The number of primary amides is 1. The minimum atomic E-state index is -1.21. The van der Waals surface area contributed by atoms with E-state index in [1.54, 1.807) is 39.8 Å². The molecule has 2 aromatic rings. The van der Waals surface area contributed by atoms with Crippen molar-refractivity contribution in [2.75, 3.05) is 4.90 Å². The van der Waals surface area contributed by atoms with E-state index in [4.69, 9.17) is 33.7 Å². The van der Waals surface area contributed by atoms with Crippen LogP contribution in [0.15, 0.2) is 30.5 Å². The molecule has 0 aliphatic carbocycles. The summed E-state index contributed by atoms with van der Waals surface area (Å²) >= 11 is 12.6. The van der Waals surface area contributed by atoms with E-state index in [1.165, 1.54) is 12.3 Å². The normalized spacial score (nSPS) is 21.9. The monoisotopic (exact) mass is 534 g/mol. The van der Waals surface area contributed by atoms with Crippen molar-refractivity contribution in [3.63, 3.8) is 0 Å². The summed E-state index contributed by atoms with van der Waals surface area (Å²) in [5.41, 5.74) is 3.76. The number of fused-ring (bicyclic) bond motifs is 2. The summed E-state index contributed by atoms with van der Waals surface area (Å²) in [4.78, 5) is 31.4. The number of piperidine rings is 1. The van der Waals surface area contributed by atoms with Gasteiger partial charge in [-0.2, -0.15) is 0 Å². The molecule has 2 bridgehead atoms. The summed E-state index contributed by atoms with van der Waals surface area (Å²) in [5.74, 6) is 0.346. The van der Waals surface area contributed by atoms with Crippen LogP contribution in [0.4, 0.5) is 5.82 Å². The van der Waals surface area contributed by atoms with Gasteiger partial charge in [0.05, 0.1) is 16.2 Å². The molecule has 0 radical (unpaired) electrons. The first-order valence-corrected chi connectivity index (χ1v) is 12.8. The van der Waals surface area contributed by atoms with E-state index < -0.39 is 17.1 Å². The molecular weight excluding hydrogens is 503 g/mol. The van der Waals surface area contributed by atoms with Crippen molar-refractivity contribution in [3.05, 3.63) is 51.6 Å². The number of nitrogens with zero attached hydrogens (tertiary/aromatic N) is 2. The fourth-order valence-corrected chi connectivity index (χ4v) is 5.76. The van der Waals surface area contributed by atoms with Crippen LogP contribution >= 0.6 is 23.2 Å². The van der Waals surface area contributed by atoms with Gasteiger partial charge in [0.15, 0.2) is 5.60 Å². The second kappa shape index (κ2) is 9.72. The van der Waals surface area contributed by atoms with Crippen LogP contribution in [0.1, 0.15) is 69.3 Å². The highest BCUT2D eigenvalue weighted by Crippen LogP contribution is 2.40. The lowest BCUT2D eigenvalue weighted by Gasteiger charge is -2.41. The Morgan fingerprint density at radius 1 is 1.11 bits per heavy atom. The van der Waals surface area contributed by atoms with Crippen LogP contribution in [0.3, 0.4) is 0 Å². The molecule has 194 valence electrons. The molecule has 1 aromatic heterocycles. The average molecular weight is 535 g/mol. The number of benzene rings is 1. The fraction of sp³-hybridized carbons (Fsp3) is 0.500. The van der Waals surface area contributed by atoms with Crippen LogP contribution in [-0.4, -0.2) is 45.6 Å². The predicted molar refractivity (Wildman–Crippen MR) is 140 cm³/mol. The Morgan fingerprint density at radius 3 is 2.28 bits per heavy atom. The van der Waals surface area contributed by atoms with E-state index in [-0.39, 0.29) is 34.8 Å². The van der Waals surface area contributed by atoms with Gasteiger partial charge in [-0.15, -0.1) is 0 Å². The molecule has 2 fully saturated rings. The van der Waals surface area contributed by atoms with E-state index in [0.29, 0.717) is 16.1 Å². The number of amides is 2.